The largest absolute Gasteiger partial charge is 0.469 e. The van der Waals surface area contributed by atoms with Gasteiger partial charge in [-0.25, -0.2) is 0 Å². The molecule has 0 atom stereocenters. The third-order valence-electron chi connectivity index (χ3n) is 3.40. The second-order valence-electron chi connectivity index (χ2n) is 4.77. The zero-order valence-electron chi connectivity index (χ0n) is 9.45. The van der Waals surface area contributed by atoms with E-state index in [1.54, 1.807) is 6.26 Å². The van der Waals surface area contributed by atoms with Crippen LogP contribution in [0.25, 0.3) is 0 Å². The molecule has 1 heterocycles. The Labute approximate surface area is 90.7 Å². The third-order valence-corrected chi connectivity index (χ3v) is 3.40. The van der Waals surface area contributed by atoms with Gasteiger partial charge >= 0.3 is 0 Å². The quantitative estimate of drug-likeness (QED) is 0.692. The fourth-order valence-electron chi connectivity index (χ4n) is 2.33. The highest BCUT2D eigenvalue weighted by Gasteiger charge is 2.25. The molecule has 2 rings (SSSR count). The summed E-state index contributed by atoms with van der Waals surface area (Å²) in [4.78, 5) is 12.1. The van der Waals surface area contributed by atoms with E-state index in [1.807, 2.05) is 13.0 Å². The smallest absolute Gasteiger partial charge is 0.169 e. The first-order chi connectivity index (χ1) is 7.16. The Hall–Kier alpha value is -1.05. The minimum absolute atomic E-state index is 0.234. The summed E-state index contributed by atoms with van der Waals surface area (Å²) in [6.07, 6.45) is 6.06. The summed E-state index contributed by atoms with van der Waals surface area (Å²) in [5.41, 5.74) is 0.757. The van der Waals surface area contributed by atoms with Gasteiger partial charge in [0.15, 0.2) is 5.78 Å². The van der Waals surface area contributed by atoms with Crippen LogP contribution in [0.1, 0.15) is 48.7 Å². The Kier molecular flexibility index (Phi) is 2.94. The normalized spacial score (nSPS) is 26.5. The van der Waals surface area contributed by atoms with E-state index in [9.17, 15) is 4.79 Å². The highest BCUT2D eigenvalue weighted by atomic mass is 16.3. The molecule has 0 N–H and O–H groups in total. The molecular weight excluding hydrogens is 188 g/mol. The summed E-state index contributed by atoms with van der Waals surface area (Å²) >= 11 is 0. The molecule has 0 bridgehead atoms. The standard InChI is InChI=1S/C13H18O2/c1-9-3-5-11(6-4-9)13(14)12-7-10(2)15-8-12/h7-9,11H,3-6H2,1-2H3. The van der Waals surface area contributed by atoms with E-state index in [0.717, 1.165) is 30.1 Å². The molecule has 2 nitrogen and oxygen atoms in total. The lowest BCUT2D eigenvalue weighted by atomic mass is 9.80. The number of hydrogen-bond acceptors (Lipinski definition) is 2. The summed E-state index contributed by atoms with van der Waals surface area (Å²) in [5.74, 6) is 2.12. The summed E-state index contributed by atoms with van der Waals surface area (Å²) < 4.78 is 5.18. The Bertz CT molecular complexity index is 343. The second kappa shape index (κ2) is 4.21. The summed E-state index contributed by atoms with van der Waals surface area (Å²) in [6.45, 7) is 4.14. The predicted octanol–water partition coefficient (Wildman–Crippen LogP) is 3.60. The number of aryl methyl sites for hydroxylation is 1. The van der Waals surface area contributed by atoms with Crippen molar-refractivity contribution >= 4 is 5.78 Å². The van der Waals surface area contributed by atoms with Gasteiger partial charge in [-0.3, -0.25) is 4.79 Å². The fraction of sp³-hybridized carbons (Fsp3) is 0.615. The van der Waals surface area contributed by atoms with E-state index >= 15 is 0 Å². The molecular formula is C13H18O2. The maximum atomic E-state index is 12.1. The lowest BCUT2D eigenvalue weighted by Crippen LogP contribution is -2.20. The van der Waals surface area contributed by atoms with Crippen molar-refractivity contribution in [3.63, 3.8) is 0 Å². The second-order valence-corrected chi connectivity index (χ2v) is 4.77. The number of furan rings is 1. The van der Waals surface area contributed by atoms with Gasteiger partial charge in [0.05, 0.1) is 5.56 Å². The van der Waals surface area contributed by atoms with Crippen molar-refractivity contribution in [2.75, 3.05) is 0 Å². The molecule has 1 aliphatic carbocycles. The summed E-state index contributed by atoms with van der Waals surface area (Å²) in [7, 11) is 0. The van der Waals surface area contributed by atoms with Crippen LogP contribution in [0, 0.1) is 18.8 Å². The molecule has 1 fully saturated rings. The average Bonchev–Trinajstić information content (AvgIpc) is 2.65. The van der Waals surface area contributed by atoms with Gasteiger partial charge in [0.2, 0.25) is 0 Å². The Morgan fingerprint density at radius 3 is 2.53 bits per heavy atom. The van der Waals surface area contributed by atoms with Gasteiger partial charge in [0, 0.05) is 5.92 Å². The molecule has 2 heteroatoms. The van der Waals surface area contributed by atoms with Crippen molar-refractivity contribution in [3.8, 4) is 0 Å². The van der Waals surface area contributed by atoms with Crippen molar-refractivity contribution in [1.82, 2.24) is 0 Å². The van der Waals surface area contributed by atoms with Crippen LogP contribution in [0.3, 0.4) is 0 Å². The third kappa shape index (κ3) is 2.31. The van der Waals surface area contributed by atoms with E-state index < -0.39 is 0 Å². The Morgan fingerprint density at radius 2 is 2.00 bits per heavy atom. The number of ketones is 1. The monoisotopic (exact) mass is 206 g/mol. The van der Waals surface area contributed by atoms with Gasteiger partial charge in [-0.05, 0) is 31.7 Å². The van der Waals surface area contributed by atoms with Crippen LogP contribution in [-0.4, -0.2) is 5.78 Å². The lowest BCUT2D eigenvalue weighted by Gasteiger charge is -2.24. The Balaban J connectivity index is 2.02. The van der Waals surface area contributed by atoms with Crippen LogP contribution in [0.5, 0.6) is 0 Å². The zero-order valence-corrected chi connectivity index (χ0v) is 9.45. The molecule has 0 saturated heterocycles. The summed E-state index contributed by atoms with van der Waals surface area (Å²) in [6, 6.07) is 1.85. The SMILES string of the molecule is Cc1cc(C(=O)C2CCC(C)CC2)co1. The Morgan fingerprint density at radius 1 is 1.33 bits per heavy atom. The van der Waals surface area contributed by atoms with Gasteiger partial charge in [-0.1, -0.05) is 19.8 Å². The van der Waals surface area contributed by atoms with Crippen LogP contribution in [-0.2, 0) is 0 Å². The minimum atomic E-state index is 0.234. The fourth-order valence-corrected chi connectivity index (χ4v) is 2.33. The summed E-state index contributed by atoms with van der Waals surface area (Å²) in [5, 5.41) is 0. The molecule has 0 aliphatic heterocycles. The molecule has 0 spiro atoms. The number of rotatable bonds is 2. The predicted molar refractivity (Wildman–Crippen MR) is 58.9 cm³/mol. The molecule has 1 aromatic heterocycles. The highest BCUT2D eigenvalue weighted by molar-refractivity contribution is 5.97. The van der Waals surface area contributed by atoms with E-state index in [2.05, 4.69) is 6.92 Å². The molecule has 1 aromatic rings. The number of carbonyl (C=O) groups is 1. The first-order valence-electron chi connectivity index (χ1n) is 5.76. The molecule has 0 radical (unpaired) electrons. The van der Waals surface area contributed by atoms with Crippen LogP contribution in [0.15, 0.2) is 16.7 Å². The van der Waals surface area contributed by atoms with E-state index in [-0.39, 0.29) is 11.7 Å². The molecule has 1 aliphatic rings. The number of hydrogen-bond donors (Lipinski definition) is 0. The van der Waals surface area contributed by atoms with Crippen molar-refractivity contribution in [3.05, 3.63) is 23.7 Å². The topological polar surface area (TPSA) is 30.2 Å². The molecule has 15 heavy (non-hydrogen) atoms. The molecule has 82 valence electrons. The number of carbonyl (C=O) groups excluding carboxylic acids is 1. The van der Waals surface area contributed by atoms with Crippen LogP contribution < -0.4 is 0 Å². The maximum absolute atomic E-state index is 12.1. The van der Waals surface area contributed by atoms with Crippen molar-refractivity contribution in [1.29, 1.82) is 0 Å². The zero-order chi connectivity index (χ0) is 10.8. The highest BCUT2D eigenvalue weighted by Crippen LogP contribution is 2.30. The molecule has 0 unspecified atom stereocenters. The molecule has 0 amide bonds. The van der Waals surface area contributed by atoms with E-state index in [4.69, 9.17) is 4.42 Å². The van der Waals surface area contributed by atoms with Crippen molar-refractivity contribution in [2.45, 2.75) is 39.5 Å². The van der Waals surface area contributed by atoms with Crippen molar-refractivity contribution < 1.29 is 9.21 Å². The van der Waals surface area contributed by atoms with Gasteiger partial charge < -0.3 is 4.42 Å². The van der Waals surface area contributed by atoms with Gasteiger partial charge in [-0.2, -0.15) is 0 Å². The van der Waals surface area contributed by atoms with E-state index in [0.29, 0.717) is 0 Å². The lowest BCUT2D eigenvalue weighted by molar-refractivity contribution is 0.0875. The first kappa shape index (κ1) is 10.5. The van der Waals surface area contributed by atoms with Crippen molar-refractivity contribution in [2.24, 2.45) is 11.8 Å². The van der Waals surface area contributed by atoms with Gasteiger partial charge in [-0.15, -0.1) is 0 Å². The number of Topliss-reactive ketones (excluding diaryl/α,β-unsaturated/α-hetero) is 1. The average molecular weight is 206 g/mol. The van der Waals surface area contributed by atoms with Gasteiger partial charge in [0.1, 0.15) is 12.0 Å². The van der Waals surface area contributed by atoms with Crippen LogP contribution in [0.4, 0.5) is 0 Å². The van der Waals surface area contributed by atoms with Crippen LogP contribution >= 0.6 is 0 Å². The van der Waals surface area contributed by atoms with Gasteiger partial charge in [0.25, 0.3) is 0 Å². The minimum Gasteiger partial charge on any atom is -0.469 e. The van der Waals surface area contributed by atoms with E-state index in [1.165, 1.54) is 12.8 Å². The molecule has 0 aromatic carbocycles. The van der Waals surface area contributed by atoms with Crippen LogP contribution in [0.2, 0.25) is 0 Å². The molecule has 1 saturated carbocycles. The first-order valence-corrected chi connectivity index (χ1v) is 5.76. The maximum Gasteiger partial charge on any atom is 0.169 e.